The molecule has 0 unspecified atom stereocenters. The molecule has 0 saturated carbocycles. The minimum Gasteiger partial charge on any atom is -0.347 e. The van der Waals surface area contributed by atoms with Gasteiger partial charge in [0.1, 0.15) is 0 Å². The molecule has 0 atom stereocenters. The van der Waals surface area contributed by atoms with E-state index in [1.165, 1.54) is 16.5 Å². The fourth-order valence-electron chi connectivity index (χ4n) is 1.67. The van der Waals surface area contributed by atoms with Crippen molar-refractivity contribution in [3.05, 3.63) is 36.0 Å². The van der Waals surface area contributed by atoms with E-state index in [1.807, 2.05) is 0 Å². The molecule has 0 aliphatic heterocycles. The van der Waals surface area contributed by atoms with E-state index < -0.39 is 0 Å². The van der Waals surface area contributed by atoms with Crippen LogP contribution in [-0.4, -0.2) is 4.57 Å². The van der Waals surface area contributed by atoms with Gasteiger partial charge in [0.2, 0.25) is 0 Å². The van der Waals surface area contributed by atoms with Crippen molar-refractivity contribution in [2.24, 2.45) is 0 Å². The maximum Gasteiger partial charge on any atom is 0.0483 e. The summed E-state index contributed by atoms with van der Waals surface area (Å²) in [4.78, 5) is 0. The van der Waals surface area contributed by atoms with Crippen LogP contribution in [0.1, 0.15) is 12.0 Å². The van der Waals surface area contributed by atoms with Crippen LogP contribution in [0.2, 0.25) is 0 Å². The molecule has 2 aromatic rings. The second-order valence-electron chi connectivity index (χ2n) is 3.53. The predicted molar refractivity (Wildman–Crippen MR) is 60.1 cm³/mol. The molecule has 0 aliphatic carbocycles. The van der Waals surface area contributed by atoms with E-state index in [0.717, 1.165) is 13.0 Å². The van der Waals surface area contributed by atoms with Gasteiger partial charge >= 0.3 is 0 Å². The van der Waals surface area contributed by atoms with Gasteiger partial charge in [-0.1, -0.05) is 12.1 Å². The normalized spacial score (nSPS) is 10.3. The maximum atomic E-state index is 5.26. The minimum absolute atomic E-state index is 0.789. The highest BCUT2D eigenvalue weighted by Gasteiger charge is 1.99. The Hall–Kier alpha value is -1.68. The molecule has 0 fully saturated rings. The summed E-state index contributed by atoms with van der Waals surface area (Å²) in [7, 11) is 0. The summed E-state index contributed by atoms with van der Waals surface area (Å²) in [5, 5.41) is 1.28. The van der Waals surface area contributed by atoms with Crippen LogP contribution in [0.5, 0.6) is 0 Å². The summed E-state index contributed by atoms with van der Waals surface area (Å²) in [6, 6.07) is 8.61. The largest absolute Gasteiger partial charge is 0.347 e. The number of hydrogen-bond acceptors (Lipinski definition) is 0. The van der Waals surface area contributed by atoms with Gasteiger partial charge < -0.3 is 4.57 Å². The Labute approximate surface area is 84.4 Å². The van der Waals surface area contributed by atoms with Crippen LogP contribution in [0.4, 0.5) is 0 Å². The lowest BCUT2D eigenvalue weighted by Crippen LogP contribution is -1.94. The van der Waals surface area contributed by atoms with Crippen LogP contribution in [0.15, 0.2) is 30.5 Å². The molecule has 0 N–H and O–H groups in total. The predicted octanol–water partition coefficient (Wildman–Crippen LogP) is 2.97. The second-order valence-corrected chi connectivity index (χ2v) is 3.53. The van der Waals surface area contributed by atoms with Crippen LogP contribution < -0.4 is 0 Å². The van der Waals surface area contributed by atoms with Gasteiger partial charge in [0.05, 0.1) is 0 Å². The van der Waals surface area contributed by atoms with E-state index in [1.54, 1.807) is 0 Å². The summed E-state index contributed by atoms with van der Waals surface area (Å²) in [5.74, 6) is 2.66. The number of benzene rings is 1. The molecule has 0 bridgehead atoms. The molecular formula is C13H13N. The van der Waals surface area contributed by atoms with Crippen molar-refractivity contribution in [2.75, 3.05) is 0 Å². The third-order valence-electron chi connectivity index (χ3n) is 2.43. The van der Waals surface area contributed by atoms with Crippen molar-refractivity contribution < 1.29 is 0 Å². The highest BCUT2D eigenvalue weighted by Crippen LogP contribution is 2.17. The average Bonchev–Trinajstić information content (AvgIpc) is 2.57. The fourth-order valence-corrected chi connectivity index (χ4v) is 1.67. The number of aryl methyl sites for hydroxylation is 2. The van der Waals surface area contributed by atoms with Crippen molar-refractivity contribution in [1.82, 2.24) is 4.57 Å². The molecule has 0 amide bonds. The molecule has 0 spiro atoms. The second kappa shape index (κ2) is 3.59. The molecule has 0 saturated heterocycles. The first-order chi connectivity index (χ1) is 6.81. The van der Waals surface area contributed by atoms with Gasteiger partial charge in [0.15, 0.2) is 0 Å². The number of fused-ring (bicyclic) bond motifs is 1. The van der Waals surface area contributed by atoms with Crippen molar-refractivity contribution in [2.45, 2.75) is 19.9 Å². The molecule has 0 radical (unpaired) electrons. The smallest absolute Gasteiger partial charge is 0.0483 e. The first kappa shape index (κ1) is 8.90. The Balaban J connectivity index is 2.46. The first-order valence-electron chi connectivity index (χ1n) is 4.80. The zero-order chi connectivity index (χ0) is 9.97. The van der Waals surface area contributed by atoms with Crippen LogP contribution in [0.3, 0.4) is 0 Å². The molecule has 1 heterocycles. The molecule has 1 nitrogen and oxygen atoms in total. The molecule has 1 aromatic heterocycles. The molecular weight excluding hydrogens is 170 g/mol. The lowest BCUT2D eigenvalue weighted by Gasteiger charge is -2.02. The van der Waals surface area contributed by atoms with Gasteiger partial charge in [0.25, 0.3) is 0 Å². The quantitative estimate of drug-likeness (QED) is 0.631. The van der Waals surface area contributed by atoms with E-state index in [-0.39, 0.29) is 0 Å². The van der Waals surface area contributed by atoms with E-state index in [2.05, 4.69) is 47.9 Å². The van der Waals surface area contributed by atoms with Crippen molar-refractivity contribution in [3.63, 3.8) is 0 Å². The number of aromatic nitrogens is 1. The van der Waals surface area contributed by atoms with Crippen molar-refractivity contribution >= 4 is 10.9 Å². The van der Waals surface area contributed by atoms with Crippen LogP contribution >= 0.6 is 0 Å². The third-order valence-corrected chi connectivity index (χ3v) is 2.43. The molecule has 70 valence electrons. The Kier molecular flexibility index (Phi) is 2.28. The third kappa shape index (κ3) is 1.52. The van der Waals surface area contributed by atoms with Crippen LogP contribution in [-0.2, 0) is 6.54 Å². The highest BCUT2D eigenvalue weighted by atomic mass is 14.9. The summed E-state index contributed by atoms with van der Waals surface area (Å²) < 4.78 is 2.21. The zero-order valence-corrected chi connectivity index (χ0v) is 8.33. The van der Waals surface area contributed by atoms with Gasteiger partial charge in [-0.05, 0) is 30.0 Å². The van der Waals surface area contributed by atoms with E-state index in [9.17, 15) is 0 Å². The summed E-state index contributed by atoms with van der Waals surface area (Å²) in [5.41, 5.74) is 2.57. The Bertz CT molecular complexity index is 485. The summed E-state index contributed by atoms with van der Waals surface area (Å²) >= 11 is 0. The van der Waals surface area contributed by atoms with Gasteiger partial charge in [0, 0.05) is 24.7 Å². The van der Waals surface area contributed by atoms with E-state index in [4.69, 9.17) is 6.42 Å². The first-order valence-corrected chi connectivity index (χ1v) is 4.80. The number of hydrogen-bond donors (Lipinski definition) is 0. The molecule has 1 heteroatoms. The Morgan fingerprint density at radius 2 is 2.21 bits per heavy atom. The van der Waals surface area contributed by atoms with Gasteiger partial charge in [-0.15, -0.1) is 12.3 Å². The highest BCUT2D eigenvalue weighted by molar-refractivity contribution is 5.80. The summed E-state index contributed by atoms with van der Waals surface area (Å²) in [6.45, 7) is 3.02. The standard InChI is InChI=1S/C13H13N/c1-3-4-8-14-9-7-12-6-5-11(2)10-13(12)14/h1,5-7,9-10H,4,8H2,2H3. The minimum atomic E-state index is 0.789. The zero-order valence-electron chi connectivity index (χ0n) is 8.33. The van der Waals surface area contributed by atoms with Gasteiger partial charge in [-0.25, -0.2) is 0 Å². The Morgan fingerprint density at radius 1 is 1.36 bits per heavy atom. The lowest BCUT2D eigenvalue weighted by molar-refractivity contribution is 0.749. The maximum absolute atomic E-state index is 5.26. The number of rotatable bonds is 2. The number of terminal acetylenes is 1. The van der Waals surface area contributed by atoms with Crippen LogP contribution in [0, 0.1) is 19.3 Å². The van der Waals surface area contributed by atoms with Gasteiger partial charge in [-0.3, -0.25) is 0 Å². The fraction of sp³-hybridized carbons (Fsp3) is 0.231. The lowest BCUT2D eigenvalue weighted by atomic mass is 10.2. The molecule has 1 aromatic carbocycles. The van der Waals surface area contributed by atoms with E-state index >= 15 is 0 Å². The van der Waals surface area contributed by atoms with E-state index in [0.29, 0.717) is 0 Å². The monoisotopic (exact) mass is 183 g/mol. The Morgan fingerprint density at radius 3 is 3.00 bits per heavy atom. The molecule has 0 aliphatic rings. The van der Waals surface area contributed by atoms with Crippen molar-refractivity contribution in [3.8, 4) is 12.3 Å². The SMILES string of the molecule is C#CCCn1ccc2ccc(C)cc21. The summed E-state index contributed by atoms with van der Waals surface area (Å²) in [6.07, 6.45) is 8.14. The van der Waals surface area contributed by atoms with Crippen molar-refractivity contribution in [1.29, 1.82) is 0 Å². The number of nitrogens with zero attached hydrogens (tertiary/aromatic N) is 1. The average molecular weight is 183 g/mol. The molecule has 2 rings (SSSR count). The topological polar surface area (TPSA) is 4.93 Å². The van der Waals surface area contributed by atoms with Crippen LogP contribution in [0.25, 0.3) is 10.9 Å². The van der Waals surface area contributed by atoms with Gasteiger partial charge in [-0.2, -0.15) is 0 Å². The molecule has 14 heavy (non-hydrogen) atoms.